The molecule has 32 heavy (non-hydrogen) atoms. The fourth-order valence-corrected chi connectivity index (χ4v) is 5.37. The summed E-state index contributed by atoms with van der Waals surface area (Å²) in [5, 5.41) is 0. The van der Waals surface area contributed by atoms with E-state index in [1.54, 1.807) is 0 Å². The number of benzene rings is 3. The molecule has 0 radical (unpaired) electrons. The predicted molar refractivity (Wildman–Crippen MR) is 144 cm³/mol. The van der Waals surface area contributed by atoms with Gasteiger partial charge in [-0.3, -0.25) is 0 Å². The molecule has 3 aromatic carbocycles. The van der Waals surface area contributed by atoms with Crippen LogP contribution in [0.15, 0.2) is 48.5 Å². The normalized spacial score (nSPS) is 13.2. The predicted octanol–water partition coefficient (Wildman–Crippen LogP) is 6.27. The van der Waals surface area contributed by atoms with Crippen molar-refractivity contribution in [1.29, 1.82) is 0 Å². The van der Waals surface area contributed by atoms with Gasteiger partial charge in [0, 0.05) is 18.4 Å². The summed E-state index contributed by atoms with van der Waals surface area (Å²) < 4.78 is 0. The molecule has 0 saturated heterocycles. The second-order valence-electron chi connectivity index (χ2n) is 10.7. The van der Waals surface area contributed by atoms with Crippen molar-refractivity contribution in [2.45, 2.75) is 73.1 Å². The fourth-order valence-electron chi connectivity index (χ4n) is 5.37. The molecule has 0 amide bonds. The average molecular weight is 423 g/mol. The molecule has 2 heteroatoms. The van der Waals surface area contributed by atoms with E-state index in [2.05, 4.69) is 116 Å². The van der Waals surface area contributed by atoms with Crippen LogP contribution in [0, 0.1) is 13.8 Å². The van der Waals surface area contributed by atoms with E-state index in [1.807, 2.05) is 0 Å². The molecule has 0 aromatic heterocycles. The number of nitrogens with zero attached hydrogens (tertiary/aromatic N) is 1. The van der Waals surface area contributed by atoms with Crippen molar-refractivity contribution in [2.24, 2.45) is 0 Å². The summed E-state index contributed by atoms with van der Waals surface area (Å²) in [7, 11) is 2.22. The first kappa shape index (κ1) is 22.7. The number of fused-ring (bicyclic) bond motifs is 2. The number of hydrogen-bond donors (Lipinski definition) is 0. The average Bonchev–Trinajstić information content (AvgIpc) is 2.72. The Bertz CT molecular complexity index is 1070. The summed E-state index contributed by atoms with van der Waals surface area (Å²) in [4.78, 5) is 2.38. The Kier molecular flexibility index (Phi) is 6.01. The lowest BCUT2D eigenvalue weighted by Crippen LogP contribution is -2.59. The van der Waals surface area contributed by atoms with E-state index in [0.29, 0.717) is 17.8 Å². The van der Waals surface area contributed by atoms with Crippen LogP contribution in [0.5, 0.6) is 0 Å². The van der Waals surface area contributed by atoms with Crippen molar-refractivity contribution in [3.8, 4) is 0 Å². The maximum absolute atomic E-state index is 2.50. The molecule has 0 bridgehead atoms. The second-order valence-corrected chi connectivity index (χ2v) is 10.7. The van der Waals surface area contributed by atoms with Crippen LogP contribution in [0.4, 0.5) is 11.4 Å². The van der Waals surface area contributed by atoms with Gasteiger partial charge in [-0.15, -0.1) is 0 Å². The van der Waals surface area contributed by atoms with E-state index in [4.69, 9.17) is 0 Å². The van der Waals surface area contributed by atoms with Crippen LogP contribution in [0.1, 0.15) is 87.1 Å². The van der Waals surface area contributed by atoms with Gasteiger partial charge in [0.15, 0.2) is 0 Å². The third kappa shape index (κ3) is 3.79. The Hall–Kier alpha value is -2.48. The Balaban J connectivity index is 2.13. The van der Waals surface area contributed by atoms with Gasteiger partial charge in [-0.2, -0.15) is 0 Å². The molecule has 0 fully saturated rings. The van der Waals surface area contributed by atoms with Crippen molar-refractivity contribution >= 4 is 34.5 Å². The quantitative estimate of drug-likeness (QED) is 0.447. The number of hydrogen-bond acceptors (Lipinski definition) is 1. The first-order chi connectivity index (χ1) is 15.1. The Labute approximate surface area is 196 Å². The summed E-state index contributed by atoms with van der Waals surface area (Å²) in [5.41, 5.74) is 14.2. The largest absolute Gasteiger partial charge is 0.345 e. The van der Waals surface area contributed by atoms with Crippen molar-refractivity contribution in [3.63, 3.8) is 0 Å². The fraction of sp³-hybridized carbons (Fsp3) is 0.400. The van der Waals surface area contributed by atoms with Gasteiger partial charge in [-0.1, -0.05) is 94.5 Å². The Morgan fingerprint density at radius 3 is 1.44 bits per heavy atom. The molecule has 0 spiro atoms. The van der Waals surface area contributed by atoms with Gasteiger partial charge in [-0.05, 0) is 71.3 Å². The van der Waals surface area contributed by atoms with Crippen LogP contribution in [-0.4, -0.2) is 13.8 Å². The topological polar surface area (TPSA) is 3.24 Å². The summed E-state index contributed by atoms with van der Waals surface area (Å²) in [5.74, 6) is 1.48. The van der Waals surface area contributed by atoms with Crippen molar-refractivity contribution in [1.82, 2.24) is 0 Å². The van der Waals surface area contributed by atoms with Crippen LogP contribution in [0.2, 0.25) is 0 Å². The highest BCUT2D eigenvalue weighted by molar-refractivity contribution is 6.98. The molecule has 1 aliphatic heterocycles. The summed E-state index contributed by atoms with van der Waals surface area (Å²) in [6.45, 7) is 18.8. The maximum atomic E-state index is 2.50. The van der Waals surface area contributed by atoms with Gasteiger partial charge < -0.3 is 4.90 Å². The monoisotopic (exact) mass is 423 g/mol. The summed E-state index contributed by atoms with van der Waals surface area (Å²) in [6, 6.07) is 19.0. The highest BCUT2D eigenvalue weighted by Crippen LogP contribution is 2.31. The minimum Gasteiger partial charge on any atom is -0.345 e. The zero-order chi connectivity index (χ0) is 23.3. The van der Waals surface area contributed by atoms with Gasteiger partial charge in [0.1, 0.15) is 0 Å². The minimum atomic E-state index is 0.256. The van der Waals surface area contributed by atoms with Gasteiger partial charge in [0.25, 0.3) is 0 Å². The van der Waals surface area contributed by atoms with E-state index in [9.17, 15) is 0 Å². The summed E-state index contributed by atoms with van der Waals surface area (Å²) in [6.07, 6.45) is 0. The van der Waals surface area contributed by atoms with Gasteiger partial charge >= 0.3 is 0 Å². The maximum Gasteiger partial charge on any atom is 0.247 e. The van der Waals surface area contributed by atoms with E-state index < -0.39 is 0 Å². The Morgan fingerprint density at radius 1 is 0.625 bits per heavy atom. The van der Waals surface area contributed by atoms with E-state index in [-0.39, 0.29) is 6.71 Å². The summed E-state index contributed by atoms with van der Waals surface area (Å²) >= 11 is 0. The Morgan fingerprint density at radius 2 is 1.06 bits per heavy atom. The van der Waals surface area contributed by atoms with E-state index >= 15 is 0 Å². The van der Waals surface area contributed by atoms with Crippen molar-refractivity contribution < 1.29 is 0 Å². The van der Waals surface area contributed by atoms with Crippen LogP contribution in [0.25, 0.3) is 0 Å². The molecule has 4 rings (SSSR count). The van der Waals surface area contributed by atoms with Crippen LogP contribution in [0.3, 0.4) is 0 Å². The molecular formula is C30H38BN. The number of aryl methyl sites for hydroxylation is 2. The first-order valence-electron chi connectivity index (χ1n) is 12.2. The minimum absolute atomic E-state index is 0.256. The van der Waals surface area contributed by atoms with E-state index in [1.165, 1.54) is 55.6 Å². The zero-order valence-electron chi connectivity index (χ0n) is 21.4. The lowest BCUT2D eigenvalue weighted by atomic mass is 9.33. The van der Waals surface area contributed by atoms with Gasteiger partial charge in [-0.25, -0.2) is 0 Å². The van der Waals surface area contributed by atoms with Crippen molar-refractivity contribution in [3.05, 3.63) is 76.3 Å². The molecule has 0 N–H and O–H groups in total. The molecule has 0 atom stereocenters. The van der Waals surface area contributed by atoms with Crippen molar-refractivity contribution in [2.75, 3.05) is 11.9 Å². The third-order valence-electron chi connectivity index (χ3n) is 7.18. The lowest BCUT2D eigenvalue weighted by Gasteiger charge is -2.37. The van der Waals surface area contributed by atoms with Gasteiger partial charge in [0.05, 0.1) is 0 Å². The second kappa shape index (κ2) is 8.47. The van der Waals surface area contributed by atoms with E-state index in [0.717, 1.165) is 0 Å². The van der Waals surface area contributed by atoms with Crippen LogP contribution < -0.4 is 21.3 Å². The SMILES string of the molecule is Cc1ccc2c(c1)B(c1c(C(C)C)cc(C(C)C)cc1C(C)C)c1cc(C)ccc1N2C. The number of anilines is 2. The smallest absolute Gasteiger partial charge is 0.247 e. The molecule has 1 heterocycles. The molecule has 0 unspecified atom stereocenters. The zero-order valence-corrected chi connectivity index (χ0v) is 21.4. The molecule has 1 aliphatic rings. The molecule has 166 valence electrons. The number of rotatable bonds is 4. The third-order valence-corrected chi connectivity index (χ3v) is 7.18. The first-order valence-corrected chi connectivity index (χ1v) is 12.2. The molecule has 0 saturated carbocycles. The molecule has 1 nitrogen and oxygen atoms in total. The highest BCUT2D eigenvalue weighted by Gasteiger charge is 2.37. The standard InChI is InChI=1S/C30H38BN/c1-18(2)23-16-24(19(3)4)30(25(17-23)20(5)6)31-26-14-21(7)10-12-28(26)32(9)29-13-11-22(8)15-27(29)31/h10-20H,1-9H3. The highest BCUT2D eigenvalue weighted by atomic mass is 15.1. The van der Waals surface area contributed by atoms with Gasteiger partial charge in [0.2, 0.25) is 6.71 Å². The lowest BCUT2D eigenvalue weighted by molar-refractivity contribution is 0.812. The molecular weight excluding hydrogens is 385 g/mol. The van der Waals surface area contributed by atoms with Crippen LogP contribution >= 0.6 is 0 Å². The molecule has 0 aliphatic carbocycles. The van der Waals surface area contributed by atoms with Crippen LogP contribution in [-0.2, 0) is 0 Å². The molecule has 3 aromatic rings.